The molecule has 0 aliphatic carbocycles. The van der Waals surface area contributed by atoms with E-state index in [1.54, 1.807) is 19.1 Å². The Hall–Kier alpha value is -2.32. The van der Waals surface area contributed by atoms with Crippen LogP contribution in [0.25, 0.3) is 0 Å². The van der Waals surface area contributed by atoms with Crippen LogP contribution < -0.4 is 15.4 Å². The minimum absolute atomic E-state index is 0.0492. The maximum absolute atomic E-state index is 11.6. The van der Waals surface area contributed by atoms with Crippen LogP contribution in [0.2, 0.25) is 0 Å². The molecule has 1 aromatic rings. The molecule has 0 radical (unpaired) electrons. The molecule has 0 fully saturated rings. The number of carbonyl (C=O) groups excluding carboxylic acids is 2. The predicted molar refractivity (Wildman–Crippen MR) is 79.0 cm³/mol. The van der Waals surface area contributed by atoms with Crippen molar-refractivity contribution >= 4 is 17.9 Å². The Bertz CT molecular complexity index is 463. The highest BCUT2D eigenvalue weighted by molar-refractivity contribution is 5.89. The summed E-state index contributed by atoms with van der Waals surface area (Å²) in [6.07, 6.45) is -0.774. The lowest BCUT2D eigenvalue weighted by Crippen LogP contribution is -2.31. The number of carbonyl (C=O) groups is 2. The Morgan fingerprint density at radius 3 is 2.55 bits per heavy atom. The summed E-state index contributed by atoms with van der Waals surface area (Å²) >= 11 is 0. The second kappa shape index (κ2) is 10.4. The van der Waals surface area contributed by atoms with Crippen molar-refractivity contribution in [2.24, 2.45) is 0 Å². The van der Waals surface area contributed by atoms with E-state index in [9.17, 15) is 9.59 Å². The molecular formula is C14H20N2O6. The van der Waals surface area contributed by atoms with Gasteiger partial charge in [0.1, 0.15) is 5.75 Å². The molecule has 2 amide bonds. The average Bonchev–Trinajstić information content (AvgIpc) is 2.49. The summed E-state index contributed by atoms with van der Waals surface area (Å²) in [4.78, 5) is 22.7. The minimum Gasteiger partial charge on any atom is -0.434 e. The smallest absolute Gasteiger partial charge is 0.434 e. The van der Waals surface area contributed by atoms with Gasteiger partial charge in [0.15, 0.2) is 0 Å². The number of anilines is 1. The van der Waals surface area contributed by atoms with Gasteiger partial charge in [-0.15, -0.1) is 0 Å². The first-order valence-electron chi connectivity index (χ1n) is 6.83. The second-order valence-corrected chi connectivity index (χ2v) is 4.03. The molecule has 1 rings (SSSR count). The molecule has 0 aliphatic heterocycles. The number of nitrogens with one attached hydrogen (secondary N) is 2. The second-order valence-electron chi connectivity index (χ2n) is 4.03. The number of aliphatic hydroxyl groups is 1. The maximum atomic E-state index is 11.6. The molecule has 0 aromatic heterocycles. The van der Waals surface area contributed by atoms with Crippen LogP contribution >= 0.6 is 0 Å². The zero-order valence-electron chi connectivity index (χ0n) is 12.3. The number of hydrogen-bond donors (Lipinski definition) is 3. The van der Waals surface area contributed by atoms with Gasteiger partial charge in [-0.2, -0.15) is 0 Å². The van der Waals surface area contributed by atoms with Crippen LogP contribution in [-0.4, -0.2) is 50.3 Å². The molecule has 0 unspecified atom stereocenters. The van der Waals surface area contributed by atoms with E-state index in [0.717, 1.165) is 0 Å². The van der Waals surface area contributed by atoms with Gasteiger partial charge in [-0.05, 0) is 31.2 Å². The first-order chi connectivity index (χ1) is 10.7. The van der Waals surface area contributed by atoms with Gasteiger partial charge in [0, 0.05) is 12.2 Å². The number of rotatable bonds is 8. The van der Waals surface area contributed by atoms with Crippen molar-refractivity contribution in [2.45, 2.75) is 6.92 Å². The lowest BCUT2D eigenvalue weighted by atomic mass is 10.3. The fraction of sp³-hybridized carbons (Fsp3) is 0.429. The Labute approximate surface area is 128 Å². The number of amides is 2. The van der Waals surface area contributed by atoms with Gasteiger partial charge in [-0.25, -0.2) is 9.59 Å². The predicted octanol–water partition coefficient (Wildman–Crippen LogP) is 1.35. The van der Waals surface area contributed by atoms with Gasteiger partial charge < -0.3 is 30.0 Å². The quantitative estimate of drug-likeness (QED) is 0.380. The van der Waals surface area contributed by atoms with Crippen molar-refractivity contribution in [1.29, 1.82) is 0 Å². The van der Waals surface area contributed by atoms with E-state index in [4.69, 9.17) is 14.6 Å². The van der Waals surface area contributed by atoms with Gasteiger partial charge in [0.25, 0.3) is 0 Å². The van der Waals surface area contributed by atoms with E-state index in [0.29, 0.717) is 24.6 Å². The Kier molecular flexibility index (Phi) is 8.39. The highest BCUT2D eigenvalue weighted by atomic mass is 16.7. The van der Waals surface area contributed by atoms with Crippen LogP contribution in [0.3, 0.4) is 0 Å². The van der Waals surface area contributed by atoms with Crippen molar-refractivity contribution in [3.05, 3.63) is 24.3 Å². The minimum atomic E-state index is -0.774. The molecule has 122 valence electrons. The Morgan fingerprint density at radius 2 is 1.91 bits per heavy atom. The number of aliphatic hydroxyl groups excluding tert-OH is 1. The third-order valence-corrected chi connectivity index (χ3v) is 2.34. The topological polar surface area (TPSA) is 106 Å². The SMILES string of the molecule is CCOC(=O)Oc1ccc(NC(=O)NCCOCCO)cc1. The van der Waals surface area contributed by atoms with Crippen LogP contribution in [0.4, 0.5) is 15.3 Å². The molecule has 3 N–H and O–H groups in total. The van der Waals surface area contributed by atoms with Gasteiger partial charge in [0.2, 0.25) is 0 Å². The van der Waals surface area contributed by atoms with Crippen LogP contribution in [0.5, 0.6) is 5.75 Å². The standard InChI is InChI=1S/C14H20N2O6/c1-2-21-14(19)22-12-5-3-11(4-6-12)16-13(18)15-7-9-20-10-8-17/h3-6,17H,2,7-10H2,1H3,(H2,15,16,18). The summed E-state index contributed by atoms with van der Waals surface area (Å²) in [6.45, 7) is 2.76. The number of hydrogen-bond acceptors (Lipinski definition) is 6. The van der Waals surface area contributed by atoms with E-state index in [1.807, 2.05) is 0 Å². The normalized spacial score (nSPS) is 9.91. The number of urea groups is 1. The average molecular weight is 312 g/mol. The summed E-state index contributed by atoms with van der Waals surface area (Å²) in [5.41, 5.74) is 0.546. The van der Waals surface area contributed by atoms with E-state index in [1.165, 1.54) is 12.1 Å². The Balaban J connectivity index is 2.31. The van der Waals surface area contributed by atoms with Crippen molar-refractivity contribution in [2.75, 3.05) is 38.3 Å². The molecular weight excluding hydrogens is 292 g/mol. The molecule has 0 aliphatic rings. The summed E-state index contributed by atoms with van der Waals surface area (Å²) in [5, 5.41) is 13.7. The lowest BCUT2D eigenvalue weighted by Gasteiger charge is -2.08. The molecule has 0 bridgehead atoms. The number of ether oxygens (including phenoxy) is 3. The van der Waals surface area contributed by atoms with Crippen molar-refractivity contribution in [1.82, 2.24) is 5.32 Å². The molecule has 0 saturated carbocycles. The largest absolute Gasteiger partial charge is 0.513 e. The third kappa shape index (κ3) is 7.46. The van der Waals surface area contributed by atoms with E-state index >= 15 is 0 Å². The van der Waals surface area contributed by atoms with Crippen molar-refractivity contribution in [3.8, 4) is 5.75 Å². The van der Waals surface area contributed by atoms with E-state index < -0.39 is 6.16 Å². The van der Waals surface area contributed by atoms with Gasteiger partial charge >= 0.3 is 12.2 Å². The van der Waals surface area contributed by atoms with Gasteiger partial charge in [-0.3, -0.25) is 0 Å². The molecule has 0 saturated heterocycles. The summed E-state index contributed by atoms with van der Waals surface area (Å²) in [7, 11) is 0. The van der Waals surface area contributed by atoms with Crippen LogP contribution in [0, 0.1) is 0 Å². The zero-order chi connectivity index (χ0) is 16.2. The number of benzene rings is 1. The molecule has 0 spiro atoms. The first kappa shape index (κ1) is 17.7. The molecule has 0 heterocycles. The Morgan fingerprint density at radius 1 is 1.18 bits per heavy atom. The molecule has 8 nitrogen and oxygen atoms in total. The highest BCUT2D eigenvalue weighted by Crippen LogP contribution is 2.16. The first-order valence-corrected chi connectivity index (χ1v) is 6.83. The fourth-order valence-corrected chi connectivity index (χ4v) is 1.43. The molecule has 1 aromatic carbocycles. The maximum Gasteiger partial charge on any atom is 0.513 e. The zero-order valence-corrected chi connectivity index (χ0v) is 12.3. The van der Waals surface area contributed by atoms with Crippen molar-refractivity contribution < 1.29 is 28.9 Å². The van der Waals surface area contributed by atoms with Crippen molar-refractivity contribution in [3.63, 3.8) is 0 Å². The summed E-state index contributed by atoms with van der Waals surface area (Å²) in [6, 6.07) is 5.88. The van der Waals surface area contributed by atoms with E-state index in [2.05, 4.69) is 15.4 Å². The van der Waals surface area contributed by atoms with E-state index in [-0.39, 0.29) is 25.9 Å². The third-order valence-electron chi connectivity index (χ3n) is 2.34. The van der Waals surface area contributed by atoms with Crippen LogP contribution in [-0.2, 0) is 9.47 Å². The summed E-state index contributed by atoms with van der Waals surface area (Å²) < 4.78 is 14.5. The molecule has 0 atom stereocenters. The van der Waals surface area contributed by atoms with Crippen LogP contribution in [0.15, 0.2) is 24.3 Å². The summed E-state index contributed by atoms with van der Waals surface area (Å²) in [5.74, 6) is 0.321. The molecule has 22 heavy (non-hydrogen) atoms. The highest BCUT2D eigenvalue weighted by Gasteiger charge is 2.05. The van der Waals surface area contributed by atoms with Gasteiger partial charge in [0.05, 0.1) is 26.4 Å². The fourth-order valence-electron chi connectivity index (χ4n) is 1.43. The molecule has 8 heteroatoms. The lowest BCUT2D eigenvalue weighted by molar-refractivity contribution is 0.0950. The monoisotopic (exact) mass is 312 g/mol. The van der Waals surface area contributed by atoms with Crippen LogP contribution in [0.1, 0.15) is 6.92 Å². The van der Waals surface area contributed by atoms with Gasteiger partial charge in [-0.1, -0.05) is 0 Å².